The molecule has 0 saturated carbocycles. The summed E-state index contributed by atoms with van der Waals surface area (Å²) in [4.78, 5) is 22.4. The van der Waals surface area contributed by atoms with E-state index in [0.717, 1.165) is 5.56 Å². The number of benzene rings is 1. The molecule has 95 valence electrons. The molecule has 0 saturated heterocycles. The lowest BCUT2D eigenvalue weighted by Gasteiger charge is -2.06. The molecule has 1 aromatic carbocycles. The molecule has 5 nitrogen and oxygen atoms in total. The quantitative estimate of drug-likeness (QED) is 0.855. The SMILES string of the molecule is CCC(=O)NC(=O)Nc1cccc(/C=C/C[O])c1. The Bertz CT molecular complexity index is 455. The number of carbonyl (C=O) groups excluding carboxylic acids is 2. The lowest BCUT2D eigenvalue weighted by molar-refractivity contribution is -0.119. The maximum Gasteiger partial charge on any atom is 0.325 e. The van der Waals surface area contributed by atoms with Crippen LogP contribution in [0, 0.1) is 0 Å². The highest BCUT2D eigenvalue weighted by Gasteiger charge is 2.05. The Kier molecular flexibility index (Phi) is 5.60. The van der Waals surface area contributed by atoms with E-state index in [4.69, 9.17) is 0 Å². The second-order valence-corrected chi connectivity index (χ2v) is 3.55. The van der Waals surface area contributed by atoms with Crippen molar-refractivity contribution in [1.82, 2.24) is 5.32 Å². The molecule has 0 fully saturated rings. The fourth-order valence-electron chi connectivity index (χ4n) is 1.28. The molecule has 1 radical (unpaired) electrons. The number of amides is 3. The summed E-state index contributed by atoms with van der Waals surface area (Å²) in [6, 6.07) is 6.41. The fraction of sp³-hybridized carbons (Fsp3) is 0.231. The largest absolute Gasteiger partial charge is 0.325 e. The van der Waals surface area contributed by atoms with Gasteiger partial charge >= 0.3 is 6.03 Å². The Labute approximate surface area is 106 Å². The second kappa shape index (κ2) is 7.24. The van der Waals surface area contributed by atoms with Crippen molar-refractivity contribution in [3.8, 4) is 0 Å². The van der Waals surface area contributed by atoms with Gasteiger partial charge in [-0.3, -0.25) is 10.1 Å². The number of rotatable bonds is 4. The Morgan fingerprint density at radius 3 is 2.78 bits per heavy atom. The Morgan fingerprint density at radius 1 is 1.33 bits per heavy atom. The Morgan fingerprint density at radius 2 is 2.11 bits per heavy atom. The summed E-state index contributed by atoms with van der Waals surface area (Å²) in [5.74, 6) is -0.338. The van der Waals surface area contributed by atoms with Crippen molar-refractivity contribution in [2.45, 2.75) is 13.3 Å². The monoisotopic (exact) mass is 247 g/mol. The van der Waals surface area contributed by atoms with Crippen molar-refractivity contribution in [2.75, 3.05) is 11.9 Å². The van der Waals surface area contributed by atoms with Crippen molar-refractivity contribution in [3.05, 3.63) is 35.9 Å². The zero-order chi connectivity index (χ0) is 13.4. The van der Waals surface area contributed by atoms with Crippen LogP contribution in [0.1, 0.15) is 18.9 Å². The van der Waals surface area contributed by atoms with E-state index in [2.05, 4.69) is 10.6 Å². The fourth-order valence-corrected chi connectivity index (χ4v) is 1.28. The first-order valence-corrected chi connectivity index (χ1v) is 5.61. The van der Waals surface area contributed by atoms with Crippen LogP contribution in [0.25, 0.3) is 6.08 Å². The van der Waals surface area contributed by atoms with Crippen molar-refractivity contribution in [1.29, 1.82) is 0 Å². The van der Waals surface area contributed by atoms with E-state index in [0.29, 0.717) is 5.69 Å². The van der Waals surface area contributed by atoms with Crippen molar-refractivity contribution in [2.24, 2.45) is 0 Å². The lowest BCUT2D eigenvalue weighted by atomic mass is 10.2. The topological polar surface area (TPSA) is 78.1 Å². The van der Waals surface area contributed by atoms with Crippen LogP contribution in [0.2, 0.25) is 0 Å². The summed E-state index contributed by atoms with van der Waals surface area (Å²) < 4.78 is 0. The highest BCUT2D eigenvalue weighted by atomic mass is 16.2. The van der Waals surface area contributed by atoms with Gasteiger partial charge in [0.1, 0.15) is 6.61 Å². The highest BCUT2D eigenvalue weighted by molar-refractivity contribution is 6.01. The first-order valence-electron chi connectivity index (χ1n) is 5.61. The van der Waals surface area contributed by atoms with Gasteiger partial charge in [-0.25, -0.2) is 9.90 Å². The van der Waals surface area contributed by atoms with Gasteiger partial charge in [-0.1, -0.05) is 31.2 Å². The standard InChI is InChI=1S/C13H15N2O3/c1-2-12(17)15-13(18)14-11-7-3-5-10(9-11)6-4-8-16/h3-7,9H,2,8H2,1H3,(H2,14,15,17,18)/b6-4+. The molecule has 2 N–H and O–H groups in total. The zero-order valence-electron chi connectivity index (χ0n) is 10.1. The summed E-state index contributed by atoms with van der Waals surface area (Å²) in [6.45, 7) is 1.38. The minimum atomic E-state index is -0.563. The summed E-state index contributed by atoms with van der Waals surface area (Å²) >= 11 is 0. The smallest absolute Gasteiger partial charge is 0.308 e. The predicted octanol–water partition coefficient (Wildman–Crippen LogP) is 2.19. The maximum absolute atomic E-state index is 11.4. The molecular weight excluding hydrogens is 232 g/mol. The molecule has 0 aliphatic carbocycles. The molecule has 0 spiro atoms. The molecular formula is C13H15N2O3. The molecule has 0 aliphatic rings. The van der Waals surface area contributed by atoms with Crippen LogP contribution in [-0.2, 0) is 9.90 Å². The van der Waals surface area contributed by atoms with E-state index in [1.165, 1.54) is 6.08 Å². The highest BCUT2D eigenvalue weighted by Crippen LogP contribution is 2.11. The summed E-state index contributed by atoms with van der Waals surface area (Å²) in [6.07, 6.45) is 3.41. The number of imide groups is 1. The summed E-state index contributed by atoms with van der Waals surface area (Å²) in [5, 5.41) is 15.0. The van der Waals surface area contributed by atoms with Gasteiger partial charge in [0.2, 0.25) is 5.91 Å². The van der Waals surface area contributed by atoms with Gasteiger partial charge in [0.15, 0.2) is 0 Å². The van der Waals surface area contributed by atoms with Crippen LogP contribution < -0.4 is 10.6 Å². The van der Waals surface area contributed by atoms with Crippen LogP contribution in [-0.4, -0.2) is 18.5 Å². The molecule has 5 heteroatoms. The van der Waals surface area contributed by atoms with Gasteiger partial charge in [0.05, 0.1) is 0 Å². The molecule has 0 unspecified atom stereocenters. The average molecular weight is 247 g/mol. The van der Waals surface area contributed by atoms with E-state index in [9.17, 15) is 14.7 Å². The lowest BCUT2D eigenvalue weighted by Crippen LogP contribution is -2.33. The molecule has 0 aliphatic heterocycles. The van der Waals surface area contributed by atoms with Gasteiger partial charge in [-0.05, 0) is 17.7 Å². The van der Waals surface area contributed by atoms with E-state index in [-0.39, 0.29) is 18.9 Å². The summed E-state index contributed by atoms with van der Waals surface area (Å²) in [7, 11) is 0. The third-order valence-electron chi connectivity index (χ3n) is 2.13. The Hall–Kier alpha value is -2.14. The summed E-state index contributed by atoms with van der Waals surface area (Å²) in [5.41, 5.74) is 1.37. The van der Waals surface area contributed by atoms with Gasteiger partial charge in [-0.2, -0.15) is 0 Å². The maximum atomic E-state index is 11.4. The minimum Gasteiger partial charge on any atom is -0.308 e. The van der Waals surface area contributed by atoms with E-state index in [1.54, 1.807) is 31.2 Å². The van der Waals surface area contributed by atoms with Crippen LogP contribution in [0.4, 0.5) is 10.5 Å². The Balaban J connectivity index is 2.64. The molecule has 3 amide bonds. The van der Waals surface area contributed by atoms with Crippen LogP contribution in [0.15, 0.2) is 30.3 Å². The van der Waals surface area contributed by atoms with Crippen LogP contribution in [0.5, 0.6) is 0 Å². The molecule has 1 aromatic rings. The van der Waals surface area contributed by atoms with Gasteiger partial charge in [0.25, 0.3) is 0 Å². The van der Waals surface area contributed by atoms with Crippen molar-refractivity contribution < 1.29 is 14.7 Å². The number of hydrogen-bond acceptors (Lipinski definition) is 2. The molecule has 0 bridgehead atoms. The van der Waals surface area contributed by atoms with E-state index < -0.39 is 6.03 Å². The number of anilines is 1. The third-order valence-corrected chi connectivity index (χ3v) is 2.13. The van der Waals surface area contributed by atoms with Crippen LogP contribution in [0.3, 0.4) is 0 Å². The molecule has 0 heterocycles. The third kappa shape index (κ3) is 4.80. The molecule has 18 heavy (non-hydrogen) atoms. The molecule has 1 rings (SSSR count). The second-order valence-electron chi connectivity index (χ2n) is 3.55. The van der Waals surface area contributed by atoms with Crippen molar-refractivity contribution >= 4 is 23.7 Å². The first kappa shape index (κ1) is 13.9. The normalized spacial score (nSPS) is 10.3. The van der Waals surface area contributed by atoms with Gasteiger partial charge in [0, 0.05) is 12.1 Å². The van der Waals surface area contributed by atoms with Gasteiger partial charge in [-0.15, -0.1) is 0 Å². The average Bonchev–Trinajstić information content (AvgIpc) is 2.36. The minimum absolute atomic E-state index is 0.250. The van der Waals surface area contributed by atoms with Crippen LogP contribution >= 0.6 is 0 Å². The van der Waals surface area contributed by atoms with E-state index >= 15 is 0 Å². The zero-order valence-corrected chi connectivity index (χ0v) is 10.1. The molecule has 0 aromatic heterocycles. The number of hydrogen-bond donors (Lipinski definition) is 2. The van der Waals surface area contributed by atoms with Gasteiger partial charge < -0.3 is 5.32 Å². The number of urea groups is 1. The predicted molar refractivity (Wildman–Crippen MR) is 68.5 cm³/mol. The first-order chi connectivity index (χ1) is 8.65. The number of nitrogens with one attached hydrogen (secondary N) is 2. The van der Waals surface area contributed by atoms with E-state index in [1.807, 2.05) is 6.07 Å². The molecule has 0 atom stereocenters. The van der Waals surface area contributed by atoms with Crippen molar-refractivity contribution in [3.63, 3.8) is 0 Å². The number of carbonyl (C=O) groups is 2.